The van der Waals surface area contributed by atoms with Crippen molar-refractivity contribution in [2.75, 3.05) is 11.1 Å². The Hall–Kier alpha value is -2.45. The fourth-order valence-corrected chi connectivity index (χ4v) is 2.94. The normalized spacial score (nSPS) is 10.7. The van der Waals surface area contributed by atoms with Gasteiger partial charge in [0, 0.05) is 10.7 Å². The van der Waals surface area contributed by atoms with E-state index in [1.807, 2.05) is 0 Å². The number of nitrogens with zero attached hydrogens (tertiary/aromatic N) is 3. The van der Waals surface area contributed by atoms with Crippen LogP contribution >= 0.6 is 27.5 Å². The van der Waals surface area contributed by atoms with Crippen molar-refractivity contribution < 1.29 is 9.18 Å². The van der Waals surface area contributed by atoms with Crippen molar-refractivity contribution in [3.05, 3.63) is 63.1 Å². The number of hydrogen-bond acceptors (Lipinski definition) is 4. The highest BCUT2D eigenvalue weighted by Gasteiger charge is 2.23. The number of rotatable bonds is 3. The van der Waals surface area contributed by atoms with Gasteiger partial charge >= 0.3 is 0 Å². The maximum absolute atomic E-state index is 14.2. The SMILES string of the molecule is Cc1nn(-c2c(F)cccc2Br)c(N)c1C(=O)Nc1ccc(Cl)cn1. The maximum Gasteiger partial charge on any atom is 0.262 e. The second-order valence-electron chi connectivity index (χ2n) is 5.14. The van der Waals surface area contributed by atoms with Gasteiger partial charge in [-0.15, -0.1) is 0 Å². The molecular formula is C16H12BrClFN5O. The molecular weight excluding hydrogens is 413 g/mol. The van der Waals surface area contributed by atoms with Gasteiger partial charge in [0.1, 0.15) is 28.7 Å². The Morgan fingerprint density at radius 1 is 1.36 bits per heavy atom. The van der Waals surface area contributed by atoms with E-state index in [2.05, 4.69) is 31.3 Å². The minimum Gasteiger partial charge on any atom is -0.383 e. The van der Waals surface area contributed by atoms with Gasteiger partial charge in [-0.1, -0.05) is 17.7 Å². The molecule has 0 spiro atoms. The van der Waals surface area contributed by atoms with Crippen LogP contribution in [0.3, 0.4) is 0 Å². The molecule has 0 aliphatic rings. The van der Waals surface area contributed by atoms with Gasteiger partial charge in [0.2, 0.25) is 0 Å². The first-order valence-electron chi connectivity index (χ1n) is 7.11. The topological polar surface area (TPSA) is 85.8 Å². The quantitative estimate of drug-likeness (QED) is 0.666. The predicted molar refractivity (Wildman–Crippen MR) is 97.6 cm³/mol. The van der Waals surface area contributed by atoms with Crippen molar-refractivity contribution in [3.8, 4) is 5.69 Å². The van der Waals surface area contributed by atoms with E-state index >= 15 is 0 Å². The lowest BCUT2D eigenvalue weighted by Gasteiger charge is -2.08. The molecule has 1 amide bonds. The van der Waals surface area contributed by atoms with Crippen molar-refractivity contribution in [2.24, 2.45) is 0 Å². The number of carbonyl (C=O) groups excluding carboxylic acids is 1. The molecule has 3 aromatic rings. The first-order chi connectivity index (χ1) is 11.9. The van der Waals surface area contributed by atoms with Gasteiger partial charge in [-0.2, -0.15) is 5.10 Å². The van der Waals surface area contributed by atoms with Crippen LogP contribution in [-0.2, 0) is 0 Å². The summed E-state index contributed by atoms with van der Waals surface area (Å²) in [6.45, 7) is 1.62. The molecule has 2 heterocycles. The van der Waals surface area contributed by atoms with Gasteiger partial charge in [-0.25, -0.2) is 14.1 Å². The lowest BCUT2D eigenvalue weighted by molar-refractivity contribution is 0.102. The number of nitrogen functional groups attached to an aromatic ring is 1. The second kappa shape index (κ2) is 6.81. The Kier molecular flexibility index (Phi) is 4.73. The van der Waals surface area contributed by atoms with Crippen molar-refractivity contribution in [1.82, 2.24) is 14.8 Å². The standard InChI is InChI=1S/C16H12BrClFN5O/c1-8-13(16(25)22-12-6-5-9(18)7-21-12)15(20)24(23-8)14-10(17)3-2-4-11(14)19/h2-7H,20H2,1H3,(H,21,22,25). The molecule has 9 heteroatoms. The first-order valence-corrected chi connectivity index (χ1v) is 8.28. The fourth-order valence-electron chi connectivity index (χ4n) is 2.32. The van der Waals surface area contributed by atoms with Crippen LogP contribution in [0.4, 0.5) is 16.0 Å². The highest BCUT2D eigenvalue weighted by molar-refractivity contribution is 9.10. The summed E-state index contributed by atoms with van der Waals surface area (Å²) in [6.07, 6.45) is 1.41. The van der Waals surface area contributed by atoms with Gasteiger partial charge in [-0.05, 0) is 47.1 Å². The summed E-state index contributed by atoms with van der Waals surface area (Å²) in [4.78, 5) is 16.5. The Morgan fingerprint density at radius 2 is 2.12 bits per heavy atom. The number of nitrogens with one attached hydrogen (secondary N) is 1. The number of benzene rings is 1. The number of aromatic nitrogens is 3. The predicted octanol–water partition coefficient (Wildman–Crippen LogP) is 3.97. The van der Waals surface area contributed by atoms with Crippen molar-refractivity contribution >= 4 is 45.1 Å². The van der Waals surface area contributed by atoms with Crippen LogP contribution in [0, 0.1) is 12.7 Å². The molecule has 3 N–H and O–H groups in total. The number of pyridine rings is 1. The van der Waals surface area contributed by atoms with E-state index < -0.39 is 11.7 Å². The van der Waals surface area contributed by atoms with Crippen LogP contribution in [-0.4, -0.2) is 20.7 Å². The Morgan fingerprint density at radius 3 is 2.76 bits per heavy atom. The number of anilines is 2. The second-order valence-corrected chi connectivity index (χ2v) is 6.43. The molecule has 0 saturated heterocycles. The summed E-state index contributed by atoms with van der Waals surface area (Å²) in [6, 6.07) is 7.65. The zero-order valence-corrected chi connectivity index (χ0v) is 15.3. The summed E-state index contributed by atoms with van der Waals surface area (Å²) in [7, 11) is 0. The van der Waals surface area contributed by atoms with E-state index in [9.17, 15) is 9.18 Å². The number of hydrogen-bond donors (Lipinski definition) is 2. The third-order valence-corrected chi connectivity index (χ3v) is 4.31. The Labute approximate surface area is 155 Å². The van der Waals surface area contributed by atoms with Crippen LogP contribution < -0.4 is 11.1 Å². The molecule has 0 saturated carbocycles. The average Bonchev–Trinajstić information content (AvgIpc) is 2.84. The molecule has 0 fully saturated rings. The lowest BCUT2D eigenvalue weighted by atomic mass is 10.2. The van der Waals surface area contributed by atoms with Gasteiger partial charge in [0.15, 0.2) is 0 Å². The zero-order valence-electron chi connectivity index (χ0n) is 12.9. The molecule has 0 bridgehead atoms. The molecule has 1 aromatic carbocycles. The maximum atomic E-state index is 14.2. The minimum absolute atomic E-state index is 0.0229. The summed E-state index contributed by atoms with van der Waals surface area (Å²) >= 11 is 9.04. The van der Waals surface area contributed by atoms with E-state index in [0.29, 0.717) is 21.0 Å². The molecule has 0 aliphatic heterocycles. The first kappa shape index (κ1) is 17.4. The van der Waals surface area contributed by atoms with Crippen LogP contribution in [0.2, 0.25) is 5.02 Å². The summed E-state index contributed by atoms with van der Waals surface area (Å²) in [5.74, 6) is -0.679. The smallest absolute Gasteiger partial charge is 0.262 e. The van der Waals surface area contributed by atoms with Crippen LogP contribution in [0.15, 0.2) is 41.0 Å². The van der Waals surface area contributed by atoms with Crippen molar-refractivity contribution in [3.63, 3.8) is 0 Å². The van der Waals surface area contributed by atoms with Gasteiger partial charge < -0.3 is 11.1 Å². The Bertz CT molecular complexity index is 938. The molecule has 0 radical (unpaired) electrons. The van der Waals surface area contributed by atoms with Crippen LogP contribution in [0.5, 0.6) is 0 Å². The zero-order chi connectivity index (χ0) is 18.1. The number of aryl methyl sites for hydroxylation is 1. The molecule has 6 nitrogen and oxygen atoms in total. The molecule has 2 aromatic heterocycles. The summed E-state index contributed by atoms with van der Waals surface area (Å²) < 4.78 is 15.8. The Balaban J connectivity index is 2.00. The van der Waals surface area contributed by atoms with Gasteiger partial charge in [-0.3, -0.25) is 4.79 Å². The number of halogens is 3. The molecule has 0 aliphatic carbocycles. The largest absolute Gasteiger partial charge is 0.383 e. The highest BCUT2D eigenvalue weighted by Crippen LogP contribution is 2.28. The third-order valence-electron chi connectivity index (χ3n) is 3.44. The molecule has 3 rings (SSSR count). The number of para-hydroxylation sites is 1. The van der Waals surface area contributed by atoms with E-state index in [-0.39, 0.29) is 17.1 Å². The van der Waals surface area contributed by atoms with Crippen molar-refractivity contribution in [2.45, 2.75) is 6.92 Å². The van der Waals surface area contributed by atoms with E-state index in [4.69, 9.17) is 17.3 Å². The molecule has 0 atom stereocenters. The minimum atomic E-state index is -0.519. The third kappa shape index (κ3) is 3.35. The van der Waals surface area contributed by atoms with E-state index in [0.717, 1.165) is 0 Å². The van der Waals surface area contributed by atoms with E-state index in [1.54, 1.807) is 31.2 Å². The number of nitrogens with two attached hydrogens (primary N) is 1. The van der Waals surface area contributed by atoms with Gasteiger partial charge in [0.05, 0.1) is 10.7 Å². The number of carbonyl (C=O) groups is 1. The monoisotopic (exact) mass is 423 g/mol. The van der Waals surface area contributed by atoms with Crippen LogP contribution in [0.1, 0.15) is 16.1 Å². The summed E-state index contributed by atoms with van der Waals surface area (Å²) in [5.41, 5.74) is 6.70. The van der Waals surface area contributed by atoms with Crippen LogP contribution in [0.25, 0.3) is 5.69 Å². The lowest BCUT2D eigenvalue weighted by Crippen LogP contribution is -2.16. The molecule has 128 valence electrons. The molecule has 25 heavy (non-hydrogen) atoms. The molecule has 0 unspecified atom stereocenters. The van der Waals surface area contributed by atoms with Crippen molar-refractivity contribution in [1.29, 1.82) is 0 Å². The highest BCUT2D eigenvalue weighted by atomic mass is 79.9. The fraction of sp³-hybridized carbons (Fsp3) is 0.0625. The number of amides is 1. The van der Waals surface area contributed by atoms with E-state index in [1.165, 1.54) is 16.9 Å². The summed E-state index contributed by atoms with van der Waals surface area (Å²) in [5, 5.41) is 7.26. The van der Waals surface area contributed by atoms with Gasteiger partial charge in [0.25, 0.3) is 5.91 Å². The average molecular weight is 425 g/mol.